The van der Waals surface area contributed by atoms with Gasteiger partial charge in [-0.3, -0.25) is 0 Å². The van der Waals surface area contributed by atoms with Crippen LogP contribution < -0.4 is 0 Å². The Morgan fingerprint density at radius 1 is 0.565 bits per heavy atom. The Kier molecular flexibility index (Phi) is 75.0. The van der Waals surface area contributed by atoms with Crippen molar-refractivity contribution in [1.82, 2.24) is 0 Å². The number of ether oxygens (including phenoxy) is 2. The molecule has 144 valence electrons. The van der Waals surface area contributed by atoms with Gasteiger partial charge in [0.2, 0.25) is 0 Å². The molecule has 0 aliphatic carbocycles. The monoisotopic (exact) mass is 498 g/mol. The van der Waals surface area contributed by atoms with Crippen LogP contribution in [0.25, 0.3) is 21.3 Å². The van der Waals surface area contributed by atoms with Crippen molar-refractivity contribution in [3.8, 4) is 0 Å². The number of nitrogens with zero attached hydrogens (tertiary/aromatic N) is 4. The van der Waals surface area contributed by atoms with E-state index in [4.69, 9.17) is 9.47 Å². The molecule has 0 aromatic heterocycles. The fourth-order valence-electron chi connectivity index (χ4n) is 0.833. The van der Waals surface area contributed by atoms with Crippen molar-refractivity contribution in [3.05, 3.63) is 34.5 Å². The Balaban J connectivity index is -0.0000000573. The van der Waals surface area contributed by atoms with Crippen molar-refractivity contribution in [2.45, 2.75) is 25.7 Å². The van der Waals surface area contributed by atoms with Crippen molar-refractivity contribution in [3.63, 3.8) is 0 Å². The topological polar surface area (TPSA) is 74.9 Å². The summed E-state index contributed by atoms with van der Waals surface area (Å²) in [5.41, 5.74) is 0. The minimum Gasteiger partial charge on any atom is -0.668 e. The third-order valence-electron chi connectivity index (χ3n) is 1.40. The Bertz CT molecular complexity index is 95.4. The summed E-state index contributed by atoms with van der Waals surface area (Å²) in [5, 5.41) is 14.0. The van der Waals surface area contributed by atoms with Crippen molar-refractivity contribution in [2.75, 3.05) is 69.6 Å². The summed E-state index contributed by atoms with van der Waals surface area (Å²) in [6, 6.07) is 0. The SMILES string of the molecule is C[N-]C.C[N-]C.C[N-]C.C[N-]C.[CH-]1CCCO1.[CH-]1CCCO1.[Hf]. The molecule has 23 heavy (non-hydrogen) atoms. The molecule has 2 rings (SSSR count). The van der Waals surface area contributed by atoms with Crippen LogP contribution in [0.5, 0.6) is 0 Å². The van der Waals surface area contributed by atoms with E-state index in [0.717, 1.165) is 26.1 Å². The average Bonchev–Trinajstić information content (AvgIpc) is 3.21. The van der Waals surface area contributed by atoms with Crippen LogP contribution in [0.3, 0.4) is 0 Å². The average molecular weight is 497 g/mol. The van der Waals surface area contributed by atoms with Gasteiger partial charge in [-0.05, 0) is 0 Å². The molecular formula is C16H38HfN4O2-6. The van der Waals surface area contributed by atoms with Gasteiger partial charge in [-0.15, -0.1) is 0 Å². The molecule has 2 aliphatic heterocycles. The van der Waals surface area contributed by atoms with E-state index in [1.54, 1.807) is 56.4 Å². The molecule has 0 aromatic rings. The normalized spacial score (nSPS) is 13.6. The smallest absolute Gasteiger partial charge is 0.00878 e. The molecule has 0 radical (unpaired) electrons. The van der Waals surface area contributed by atoms with Gasteiger partial charge in [0.15, 0.2) is 0 Å². The molecule has 2 aliphatic rings. The molecule has 0 saturated carbocycles. The summed E-state index contributed by atoms with van der Waals surface area (Å²) >= 11 is 0. The van der Waals surface area contributed by atoms with Gasteiger partial charge in [0.25, 0.3) is 0 Å². The number of hydrogen-bond donors (Lipinski definition) is 0. The van der Waals surface area contributed by atoms with E-state index >= 15 is 0 Å². The van der Waals surface area contributed by atoms with E-state index in [1.807, 2.05) is 13.2 Å². The molecule has 6 nitrogen and oxygen atoms in total. The zero-order valence-corrected chi connectivity index (χ0v) is 20.1. The van der Waals surface area contributed by atoms with Crippen LogP contribution >= 0.6 is 0 Å². The van der Waals surface area contributed by atoms with Crippen molar-refractivity contribution >= 4 is 0 Å². The standard InChI is InChI=1S/2C4H7O.4C2H6N.Hf/c2*1-2-4-5-3-1;4*1-3-2;/h2*3H,1-2,4H2;4*1-2H3;/q6*-1;. The zero-order valence-electron chi connectivity index (χ0n) is 16.5. The van der Waals surface area contributed by atoms with Gasteiger partial charge in [0, 0.05) is 39.1 Å². The van der Waals surface area contributed by atoms with Crippen LogP contribution in [0.15, 0.2) is 0 Å². The van der Waals surface area contributed by atoms with Crippen LogP contribution in [0.2, 0.25) is 0 Å². The van der Waals surface area contributed by atoms with Gasteiger partial charge in [0.1, 0.15) is 0 Å². The van der Waals surface area contributed by atoms with Gasteiger partial charge in [-0.25, -0.2) is 13.2 Å². The van der Waals surface area contributed by atoms with Crippen molar-refractivity contribution < 1.29 is 35.3 Å². The van der Waals surface area contributed by atoms with E-state index in [2.05, 4.69) is 21.3 Å². The molecule has 0 unspecified atom stereocenters. The van der Waals surface area contributed by atoms with E-state index in [1.165, 1.54) is 12.8 Å². The molecule has 2 saturated heterocycles. The molecule has 0 spiro atoms. The zero-order chi connectivity index (χ0) is 17.9. The maximum Gasteiger partial charge on any atom is 0.00878 e. The first-order chi connectivity index (χ1) is 10.7. The van der Waals surface area contributed by atoms with Crippen LogP contribution in [-0.2, 0) is 35.3 Å². The van der Waals surface area contributed by atoms with Crippen molar-refractivity contribution in [2.24, 2.45) is 0 Å². The van der Waals surface area contributed by atoms with Crippen LogP contribution in [0.4, 0.5) is 0 Å². The fraction of sp³-hybridized carbons (Fsp3) is 0.875. The number of hydrogen-bond acceptors (Lipinski definition) is 2. The Labute approximate surface area is 165 Å². The molecule has 0 atom stereocenters. The second-order valence-corrected chi connectivity index (χ2v) is 4.15. The second-order valence-electron chi connectivity index (χ2n) is 4.15. The minimum absolute atomic E-state index is 0. The molecule has 2 fully saturated rings. The summed E-state index contributed by atoms with van der Waals surface area (Å²) in [6.45, 7) is 5.61. The van der Waals surface area contributed by atoms with Gasteiger partial charge >= 0.3 is 0 Å². The van der Waals surface area contributed by atoms with Crippen LogP contribution in [0.1, 0.15) is 25.7 Å². The molecule has 0 aromatic carbocycles. The quantitative estimate of drug-likeness (QED) is 0.368. The third-order valence-corrected chi connectivity index (χ3v) is 1.40. The molecule has 0 amide bonds. The van der Waals surface area contributed by atoms with Crippen LogP contribution in [0, 0.1) is 13.2 Å². The molecule has 2 heterocycles. The fourth-order valence-corrected chi connectivity index (χ4v) is 0.833. The summed E-state index contributed by atoms with van der Waals surface area (Å²) in [4.78, 5) is 0. The summed E-state index contributed by atoms with van der Waals surface area (Å²) < 4.78 is 9.64. The second kappa shape index (κ2) is 49.5. The first-order valence-electron chi connectivity index (χ1n) is 7.44. The predicted octanol–water partition coefficient (Wildman–Crippen LogP) is 4.39. The Morgan fingerprint density at radius 2 is 0.783 bits per heavy atom. The predicted molar refractivity (Wildman–Crippen MR) is 99.8 cm³/mol. The maximum absolute atomic E-state index is 4.82. The van der Waals surface area contributed by atoms with Crippen LogP contribution in [-0.4, -0.2) is 69.6 Å². The van der Waals surface area contributed by atoms with E-state index in [0.29, 0.717) is 0 Å². The minimum atomic E-state index is 0. The molecule has 0 bridgehead atoms. The largest absolute Gasteiger partial charge is 0.668 e. The van der Waals surface area contributed by atoms with E-state index in [-0.39, 0.29) is 25.8 Å². The Hall–Kier alpha value is 0.630. The van der Waals surface area contributed by atoms with Gasteiger partial charge < -0.3 is 30.7 Å². The van der Waals surface area contributed by atoms with Gasteiger partial charge in [0.05, 0.1) is 0 Å². The van der Waals surface area contributed by atoms with Gasteiger partial charge in [-0.1, -0.05) is 12.8 Å². The number of rotatable bonds is 0. The molecular weight excluding hydrogens is 459 g/mol. The van der Waals surface area contributed by atoms with E-state index < -0.39 is 0 Å². The van der Waals surface area contributed by atoms with Gasteiger partial charge in [-0.2, -0.15) is 69.2 Å². The summed E-state index contributed by atoms with van der Waals surface area (Å²) in [5.74, 6) is 0. The molecule has 7 heteroatoms. The molecule has 0 N–H and O–H groups in total. The van der Waals surface area contributed by atoms with E-state index in [9.17, 15) is 0 Å². The summed E-state index contributed by atoms with van der Waals surface area (Å²) in [7, 11) is 14.0. The maximum atomic E-state index is 4.82. The first-order valence-corrected chi connectivity index (χ1v) is 7.44. The van der Waals surface area contributed by atoms with Crippen molar-refractivity contribution in [1.29, 1.82) is 0 Å². The Morgan fingerprint density at radius 3 is 0.826 bits per heavy atom. The first kappa shape index (κ1) is 34.9. The summed E-state index contributed by atoms with van der Waals surface area (Å²) in [6.07, 6.45) is 4.75. The third kappa shape index (κ3) is 85.2.